The Morgan fingerprint density at radius 2 is 1.83 bits per heavy atom. The van der Waals surface area contributed by atoms with Gasteiger partial charge in [-0.3, -0.25) is 4.79 Å². The molecule has 1 fully saturated rings. The number of benzene rings is 1. The number of piperazine rings is 1. The third kappa shape index (κ3) is 4.53. The van der Waals surface area contributed by atoms with Gasteiger partial charge in [-0.15, -0.1) is 0 Å². The second-order valence-electron chi connectivity index (χ2n) is 9.19. The van der Waals surface area contributed by atoms with Crippen LogP contribution in [0, 0.1) is 11.6 Å². The number of fused-ring (bicyclic) bond motifs is 1. The number of pyridine rings is 1. The molecule has 4 heterocycles. The number of nitrogens with zero attached hydrogens (tertiary/aromatic N) is 6. The number of carbonyl (C=O) groups excluding carboxylic acids is 1. The highest BCUT2D eigenvalue weighted by Gasteiger charge is 2.32. The lowest BCUT2D eigenvalue weighted by Gasteiger charge is -2.38. The molecule has 0 bridgehead atoms. The van der Waals surface area contributed by atoms with Crippen LogP contribution in [-0.4, -0.2) is 66.7 Å². The summed E-state index contributed by atoms with van der Waals surface area (Å²) >= 11 is 0. The van der Waals surface area contributed by atoms with Gasteiger partial charge in [0.15, 0.2) is 5.82 Å². The first kappa shape index (κ1) is 23.9. The Hall–Kier alpha value is -3.86. The van der Waals surface area contributed by atoms with Crippen molar-refractivity contribution in [3.8, 4) is 11.3 Å². The number of hydrogen-bond donors (Lipinski definition) is 2. The number of amides is 1. The molecule has 0 aliphatic carbocycles. The molecule has 36 heavy (non-hydrogen) atoms. The largest absolute Gasteiger partial charge is 0.368 e. The van der Waals surface area contributed by atoms with Crippen LogP contribution in [0.5, 0.6) is 0 Å². The van der Waals surface area contributed by atoms with Crippen LogP contribution in [0.25, 0.3) is 11.3 Å². The van der Waals surface area contributed by atoms with Gasteiger partial charge in [-0.1, -0.05) is 0 Å². The number of carbonyl (C=O) groups is 1. The number of halogens is 2. The van der Waals surface area contributed by atoms with Crippen molar-refractivity contribution in [2.45, 2.75) is 19.9 Å². The van der Waals surface area contributed by atoms with E-state index in [-0.39, 0.29) is 35.7 Å². The molecule has 2 aliphatic rings. The second kappa shape index (κ2) is 9.65. The maximum absolute atomic E-state index is 15.2. The zero-order valence-electron chi connectivity index (χ0n) is 20.4. The Morgan fingerprint density at radius 1 is 1.06 bits per heavy atom. The fourth-order valence-corrected chi connectivity index (χ4v) is 4.66. The van der Waals surface area contributed by atoms with Crippen LogP contribution in [0.1, 0.15) is 13.8 Å². The summed E-state index contributed by atoms with van der Waals surface area (Å²) in [6, 6.07) is 6.41. The van der Waals surface area contributed by atoms with E-state index in [1.54, 1.807) is 24.2 Å². The third-order valence-corrected chi connectivity index (χ3v) is 6.33. The summed E-state index contributed by atoms with van der Waals surface area (Å²) in [7, 11) is 1.66. The Bertz CT molecular complexity index is 1280. The first-order valence-electron chi connectivity index (χ1n) is 11.9. The van der Waals surface area contributed by atoms with Gasteiger partial charge in [0.2, 0.25) is 11.9 Å². The zero-order valence-corrected chi connectivity index (χ0v) is 20.4. The molecular weight excluding hydrogens is 466 g/mol. The molecule has 3 aromatic rings. The molecule has 0 atom stereocenters. The van der Waals surface area contributed by atoms with Gasteiger partial charge in [-0.05, 0) is 38.1 Å². The molecule has 11 heteroatoms. The van der Waals surface area contributed by atoms with Crippen LogP contribution >= 0.6 is 0 Å². The molecule has 1 aromatic carbocycles. The van der Waals surface area contributed by atoms with Gasteiger partial charge < -0.3 is 25.3 Å². The molecule has 2 N–H and O–H groups in total. The van der Waals surface area contributed by atoms with E-state index in [9.17, 15) is 9.18 Å². The summed E-state index contributed by atoms with van der Waals surface area (Å²) in [6.07, 6.45) is 2.81. The molecule has 9 nitrogen and oxygen atoms in total. The van der Waals surface area contributed by atoms with Crippen molar-refractivity contribution in [1.82, 2.24) is 20.3 Å². The number of rotatable bonds is 5. The smallest absolute Gasteiger partial charge is 0.246 e. The van der Waals surface area contributed by atoms with E-state index in [2.05, 4.69) is 30.5 Å². The second-order valence-corrected chi connectivity index (χ2v) is 9.19. The minimum absolute atomic E-state index is 0.0673. The standard InChI is InChI=1S/C25H28F2N8O/c1-15(2)35-20-11-16(10-18(26)24(20)33(3)14-22(35)36)23-19(27)13-30-25(32-23)31-21-5-4-17(12-29-21)34-8-6-28-7-9-34/h4-5,10-13,15,28H,6-9,14H2,1-3H3,(H,29,30,31,32). The van der Waals surface area contributed by atoms with Crippen molar-refractivity contribution in [3.05, 3.63) is 48.3 Å². The van der Waals surface area contributed by atoms with E-state index < -0.39 is 11.6 Å². The molecular formula is C25H28F2N8O. The summed E-state index contributed by atoms with van der Waals surface area (Å²) in [5, 5.41) is 6.31. The summed E-state index contributed by atoms with van der Waals surface area (Å²) in [6.45, 7) is 7.44. The molecule has 0 spiro atoms. The highest BCUT2D eigenvalue weighted by molar-refractivity contribution is 6.04. The van der Waals surface area contributed by atoms with Crippen molar-refractivity contribution in [2.75, 3.05) is 59.8 Å². The molecule has 0 saturated carbocycles. The third-order valence-electron chi connectivity index (χ3n) is 6.33. The van der Waals surface area contributed by atoms with Crippen molar-refractivity contribution in [2.24, 2.45) is 0 Å². The van der Waals surface area contributed by atoms with Gasteiger partial charge >= 0.3 is 0 Å². The van der Waals surface area contributed by atoms with Gasteiger partial charge in [0.1, 0.15) is 17.3 Å². The molecule has 2 aromatic heterocycles. The van der Waals surface area contributed by atoms with E-state index in [4.69, 9.17) is 0 Å². The van der Waals surface area contributed by atoms with Crippen molar-refractivity contribution < 1.29 is 13.6 Å². The van der Waals surface area contributed by atoms with Crippen LogP contribution in [-0.2, 0) is 4.79 Å². The Balaban J connectivity index is 1.45. The quantitative estimate of drug-likeness (QED) is 0.559. The highest BCUT2D eigenvalue weighted by atomic mass is 19.1. The van der Waals surface area contributed by atoms with Crippen molar-refractivity contribution in [3.63, 3.8) is 0 Å². The lowest BCUT2D eigenvalue weighted by Crippen LogP contribution is -2.47. The topological polar surface area (TPSA) is 89.5 Å². The predicted molar refractivity (Wildman–Crippen MR) is 136 cm³/mol. The molecule has 0 radical (unpaired) electrons. The molecule has 2 aliphatic heterocycles. The number of hydrogen-bond acceptors (Lipinski definition) is 8. The fourth-order valence-electron chi connectivity index (χ4n) is 4.66. The Morgan fingerprint density at radius 3 is 2.53 bits per heavy atom. The Labute approximate surface area is 208 Å². The van der Waals surface area contributed by atoms with Gasteiger partial charge in [-0.25, -0.2) is 23.7 Å². The van der Waals surface area contributed by atoms with E-state index in [1.807, 2.05) is 26.0 Å². The van der Waals surface area contributed by atoms with E-state index in [1.165, 1.54) is 11.0 Å². The average Bonchev–Trinajstić information content (AvgIpc) is 2.85. The van der Waals surface area contributed by atoms with Crippen LogP contribution in [0.3, 0.4) is 0 Å². The van der Waals surface area contributed by atoms with Gasteiger partial charge in [0, 0.05) is 44.8 Å². The first-order valence-corrected chi connectivity index (χ1v) is 11.9. The van der Waals surface area contributed by atoms with Crippen LogP contribution in [0.4, 0.5) is 37.6 Å². The molecule has 188 valence electrons. The minimum Gasteiger partial charge on any atom is -0.368 e. The molecule has 1 saturated heterocycles. The summed E-state index contributed by atoms with van der Waals surface area (Å²) in [4.78, 5) is 30.8. The predicted octanol–water partition coefficient (Wildman–Crippen LogP) is 3.16. The summed E-state index contributed by atoms with van der Waals surface area (Å²) < 4.78 is 30.1. The van der Waals surface area contributed by atoms with Crippen LogP contribution in [0.15, 0.2) is 36.7 Å². The molecule has 1 amide bonds. The van der Waals surface area contributed by atoms with Gasteiger partial charge in [0.25, 0.3) is 0 Å². The normalized spacial score (nSPS) is 15.9. The fraction of sp³-hybridized carbons (Fsp3) is 0.360. The molecule has 0 unspecified atom stereocenters. The minimum atomic E-state index is -0.700. The SMILES string of the molecule is CC(C)N1C(=O)CN(C)c2c(F)cc(-c3nc(Nc4ccc(N5CCNCC5)cn4)ncc3F)cc21. The van der Waals surface area contributed by atoms with Gasteiger partial charge in [0.05, 0.1) is 36.0 Å². The summed E-state index contributed by atoms with van der Waals surface area (Å²) in [5.74, 6) is -0.783. The van der Waals surface area contributed by atoms with Crippen LogP contribution < -0.4 is 25.3 Å². The zero-order chi connectivity index (χ0) is 25.4. The van der Waals surface area contributed by atoms with E-state index >= 15 is 4.39 Å². The Kier molecular flexibility index (Phi) is 6.40. The number of anilines is 5. The number of aromatic nitrogens is 3. The van der Waals surface area contributed by atoms with Gasteiger partial charge in [-0.2, -0.15) is 0 Å². The monoisotopic (exact) mass is 494 g/mol. The van der Waals surface area contributed by atoms with E-state index in [0.717, 1.165) is 38.1 Å². The summed E-state index contributed by atoms with van der Waals surface area (Å²) in [5.41, 5.74) is 1.84. The first-order chi connectivity index (χ1) is 17.3. The number of nitrogens with one attached hydrogen (secondary N) is 2. The maximum Gasteiger partial charge on any atom is 0.246 e. The maximum atomic E-state index is 15.2. The molecule has 5 rings (SSSR count). The van der Waals surface area contributed by atoms with E-state index in [0.29, 0.717) is 17.2 Å². The van der Waals surface area contributed by atoms with Crippen molar-refractivity contribution >= 4 is 34.7 Å². The van der Waals surface area contributed by atoms with Crippen LogP contribution in [0.2, 0.25) is 0 Å². The lowest BCUT2D eigenvalue weighted by molar-refractivity contribution is -0.117. The lowest BCUT2D eigenvalue weighted by atomic mass is 10.0. The number of likely N-dealkylation sites (N-methyl/N-ethyl adjacent to an activating group) is 1. The van der Waals surface area contributed by atoms with Crippen molar-refractivity contribution in [1.29, 1.82) is 0 Å². The highest BCUT2D eigenvalue weighted by Crippen LogP contribution is 2.40. The average molecular weight is 495 g/mol.